The molecule has 3 heteroatoms. The summed E-state index contributed by atoms with van der Waals surface area (Å²) in [7, 11) is -1.00. The first kappa shape index (κ1) is 14.8. The standard InChI is InChI=1S/C12H19OSi.Li/c1-12(2,3)10-7-6-8-11(9-10)13-14(4)5;/h6-7,9,14H,1-5H3;/q-1;+1. The molecular weight excluding hydrogens is 195 g/mol. The van der Waals surface area contributed by atoms with Crippen LogP contribution in [0, 0.1) is 6.07 Å². The minimum Gasteiger partial charge on any atom is -0.568 e. The van der Waals surface area contributed by atoms with Gasteiger partial charge in [0.1, 0.15) is 0 Å². The Kier molecular flexibility index (Phi) is 5.73. The third-order valence-corrected chi connectivity index (χ3v) is 2.73. The summed E-state index contributed by atoms with van der Waals surface area (Å²) in [4.78, 5) is 0. The van der Waals surface area contributed by atoms with Gasteiger partial charge in [0.2, 0.25) is 9.04 Å². The summed E-state index contributed by atoms with van der Waals surface area (Å²) >= 11 is 0. The second kappa shape index (κ2) is 5.79. The monoisotopic (exact) mass is 214 g/mol. The Morgan fingerprint density at radius 3 is 2.33 bits per heavy atom. The van der Waals surface area contributed by atoms with Gasteiger partial charge in [-0.05, 0) is 24.3 Å². The van der Waals surface area contributed by atoms with Crippen LogP contribution < -0.4 is 23.3 Å². The molecule has 0 saturated carbocycles. The summed E-state index contributed by atoms with van der Waals surface area (Å²) in [6.07, 6.45) is 0. The summed E-state index contributed by atoms with van der Waals surface area (Å²) in [5, 5.41) is 0. The van der Waals surface area contributed by atoms with Crippen LogP contribution in [0.4, 0.5) is 0 Å². The van der Waals surface area contributed by atoms with E-state index < -0.39 is 9.04 Å². The number of hydrogen-bond donors (Lipinski definition) is 0. The van der Waals surface area contributed by atoms with E-state index in [-0.39, 0.29) is 24.3 Å². The van der Waals surface area contributed by atoms with Crippen LogP contribution in [0.25, 0.3) is 0 Å². The molecule has 1 nitrogen and oxygen atoms in total. The van der Waals surface area contributed by atoms with E-state index in [1.807, 2.05) is 6.07 Å². The molecule has 0 aliphatic carbocycles. The van der Waals surface area contributed by atoms with E-state index in [4.69, 9.17) is 4.43 Å². The molecule has 15 heavy (non-hydrogen) atoms. The summed E-state index contributed by atoms with van der Waals surface area (Å²) in [6, 6.07) is 9.29. The topological polar surface area (TPSA) is 9.23 Å². The van der Waals surface area contributed by atoms with Crippen molar-refractivity contribution in [1.82, 2.24) is 0 Å². The summed E-state index contributed by atoms with van der Waals surface area (Å²) in [6.45, 7) is 11.0. The Morgan fingerprint density at radius 1 is 1.27 bits per heavy atom. The second-order valence-electron chi connectivity index (χ2n) is 4.86. The molecule has 0 saturated heterocycles. The first-order valence-electron chi connectivity index (χ1n) is 5.08. The van der Waals surface area contributed by atoms with Gasteiger partial charge < -0.3 is 4.43 Å². The summed E-state index contributed by atoms with van der Waals surface area (Å²) in [5.74, 6) is 0.902. The zero-order valence-corrected chi connectivity index (χ0v) is 11.9. The van der Waals surface area contributed by atoms with Crippen molar-refractivity contribution >= 4 is 9.04 Å². The van der Waals surface area contributed by atoms with Gasteiger partial charge in [-0.2, -0.15) is 12.1 Å². The van der Waals surface area contributed by atoms with E-state index in [0.717, 1.165) is 5.75 Å². The van der Waals surface area contributed by atoms with Gasteiger partial charge in [-0.15, -0.1) is 17.7 Å². The SMILES string of the molecule is C[SiH](C)Oc1[c-]ccc(C(C)(C)C)c1.[Li+]. The second-order valence-corrected chi connectivity index (χ2v) is 7.19. The van der Waals surface area contributed by atoms with Crippen molar-refractivity contribution in [3.05, 3.63) is 29.8 Å². The van der Waals surface area contributed by atoms with Gasteiger partial charge in [0.15, 0.2) is 0 Å². The van der Waals surface area contributed by atoms with E-state index in [2.05, 4.69) is 52.1 Å². The molecule has 78 valence electrons. The zero-order valence-electron chi connectivity index (χ0n) is 10.7. The first-order chi connectivity index (χ1) is 6.39. The largest absolute Gasteiger partial charge is 1.00 e. The molecule has 1 aromatic rings. The fraction of sp³-hybridized carbons (Fsp3) is 0.500. The van der Waals surface area contributed by atoms with Crippen LogP contribution in [0.1, 0.15) is 26.3 Å². The number of hydrogen-bond acceptors (Lipinski definition) is 1. The van der Waals surface area contributed by atoms with Crippen molar-refractivity contribution in [2.24, 2.45) is 0 Å². The third-order valence-electron chi connectivity index (χ3n) is 2.00. The maximum atomic E-state index is 5.73. The van der Waals surface area contributed by atoms with Crippen LogP contribution in [-0.4, -0.2) is 9.04 Å². The van der Waals surface area contributed by atoms with Crippen LogP contribution in [0.3, 0.4) is 0 Å². The average Bonchev–Trinajstić information content (AvgIpc) is 2.01. The Morgan fingerprint density at radius 2 is 1.87 bits per heavy atom. The molecule has 0 bridgehead atoms. The van der Waals surface area contributed by atoms with Gasteiger partial charge in [-0.25, -0.2) is 0 Å². The van der Waals surface area contributed by atoms with E-state index in [9.17, 15) is 0 Å². The van der Waals surface area contributed by atoms with E-state index in [1.165, 1.54) is 5.56 Å². The molecule has 0 aliphatic heterocycles. The minimum atomic E-state index is -1.00. The first-order valence-corrected chi connectivity index (χ1v) is 7.86. The summed E-state index contributed by atoms with van der Waals surface area (Å²) < 4.78 is 5.73. The number of benzene rings is 1. The summed E-state index contributed by atoms with van der Waals surface area (Å²) in [5.41, 5.74) is 1.49. The van der Waals surface area contributed by atoms with Crippen LogP contribution in [0.2, 0.25) is 13.1 Å². The normalized spacial score (nSPS) is 11.1. The molecule has 0 fully saturated rings. The average molecular weight is 214 g/mol. The van der Waals surface area contributed by atoms with Gasteiger partial charge in [0, 0.05) is 0 Å². The Balaban J connectivity index is 0.00000196. The Hall–Kier alpha value is -0.166. The maximum absolute atomic E-state index is 5.73. The van der Waals surface area contributed by atoms with Gasteiger partial charge >= 0.3 is 18.9 Å². The third kappa shape index (κ3) is 4.93. The molecule has 0 unspecified atom stereocenters. The quantitative estimate of drug-likeness (QED) is 0.503. The molecule has 0 N–H and O–H groups in total. The molecule has 0 radical (unpaired) electrons. The van der Waals surface area contributed by atoms with E-state index in [1.54, 1.807) is 0 Å². The fourth-order valence-electron chi connectivity index (χ4n) is 1.23. The van der Waals surface area contributed by atoms with Crippen molar-refractivity contribution in [3.8, 4) is 5.75 Å². The number of rotatable bonds is 2. The molecule has 0 heterocycles. The van der Waals surface area contributed by atoms with Crippen LogP contribution in [0.15, 0.2) is 18.2 Å². The van der Waals surface area contributed by atoms with Crippen molar-refractivity contribution in [3.63, 3.8) is 0 Å². The van der Waals surface area contributed by atoms with Crippen LogP contribution in [-0.2, 0) is 5.41 Å². The van der Waals surface area contributed by atoms with E-state index >= 15 is 0 Å². The van der Waals surface area contributed by atoms with E-state index in [0.29, 0.717) is 0 Å². The molecule has 1 aromatic carbocycles. The van der Waals surface area contributed by atoms with Gasteiger partial charge in [-0.3, -0.25) is 0 Å². The molecule has 0 atom stereocenters. The Labute approximate surface area is 107 Å². The van der Waals surface area contributed by atoms with Crippen molar-refractivity contribution in [2.75, 3.05) is 0 Å². The predicted octanol–water partition coefficient (Wildman–Crippen LogP) is 0.150. The van der Waals surface area contributed by atoms with Gasteiger partial charge in [-0.1, -0.05) is 20.8 Å². The van der Waals surface area contributed by atoms with Crippen LogP contribution in [0.5, 0.6) is 5.75 Å². The van der Waals surface area contributed by atoms with Crippen molar-refractivity contribution < 1.29 is 23.3 Å². The zero-order chi connectivity index (χ0) is 10.8. The minimum absolute atomic E-state index is 0. The molecule has 0 amide bonds. The smallest absolute Gasteiger partial charge is 0.568 e. The van der Waals surface area contributed by atoms with Crippen molar-refractivity contribution in [2.45, 2.75) is 39.3 Å². The molecular formula is C12H19LiOSi. The predicted molar refractivity (Wildman–Crippen MR) is 63.5 cm³/mol. The Bertz CT molecular complexity index is 305. The van der Waals surface area contributed by atoms with Crippen molar-refractivity contribution in [1.29, 1.82) is 0 Å². The molecule has 0 aliphatic rings. The maximum Gasteiger partial charge on any atom is 1.00 e. The van der Waals surface area contributed by atoms with Gasteiger partial charge in [0.05, 0.1) is 0 Å². The molecule has 0 spiro atoms. The molecule has 1 rings (SSSR count). The molecule has 0 aromatic heterocycles. The van der Waals surface area contributed by atoms with Crippen LogP contribution >= 0.6 is 0 Å². The van der Waals surface area contributed by atoms with Gasteiger partial charge in [0.25, 0.3) is 0 Å². The fourth-order valence-corrected chi connectivity index (χ4v) is 1.88.